The van der Waals surface area contributed by atoms with Gasteiger partial charge in [-0.15, -0.1) is 0 Å². The lowest BCUT2D eigenvalue weighted by Crippen LogP contribution is -2.39. The SMILES string of the molecule is NC(=O)CN(CC(N)=O)Cc1c(O)ccc2ccccc12. The Balaban J connectivity index is 2.37. The highest BCUT2D eigenvalue weighted by atomic mass is 16.3. The number of carbonyl (C=O) groups excluding carboxylic acids is 2. The van der Waals surface area contributed by atoms with Crippen LogP contribution in [0.5, 0.6) is 5.75 Å². The first kappa shape index (κ1) is 14.8. The predicted octanol–water partition coefficient (Wildman–Crippen LogP) is 0.318. The van der Waals surface area contributed by atoms with Crippen LogP contribution in [0.3, 0.4) is 0 Å². The van der Waals surface area contributed by atoms with Gasteiger partial charge in [-0.1, -0.05) is 30.3 Å². The number of hydrogen-bond acceptors (Lipinski definition) is 4. The van der Waals surface area contributed by atoms with Crippen LogP contribution in [0.2, 0.25) is 0 Å². The highest BCUT2D eigenvalue weighted by molar-refractivity contribution is 5.88. The molecule has 2 aromatic rings. The third kappa shape index (κ3) is 3.70. The summed E-state index contributed by atoms with van der Waals surface area (Å²) in [4.78, 5) is 23.7. The van der Waals surface area contributed by atoms with Gasteiger partial charge in [0.25, 0.3) is 0 Å². The average Bonchev–Trinajstić information content (AvgIpc) is 2.40. The molecular weight excluding hydrogens is 270 g/mol. The van der Waals surface area contributed by atoms with Crippen LogP contribution < -0.4 is 11.5 Å². The molecule has 2 amide bonds. The molecule has 21 heavy (non-hydrogen) atoms. The van der Waals surface area contributed by atoms with E-state index in [1.807, 2.05) is 24.3 Å². The minimum Gasteiger partial charge on any atom is -0.508 e. The highest BCUT2D eigenvalue weighted by Crippen LogP contribution is 2.28. The number of rotatable bonds is 6. The van der Waals surface area contributed by atoms with Gasteiger partial charge in [-0.2, -0.15) is 0 Å². The van der Waals surface area contributed by atoms with Crippen LogP contribution in [0.15, 0.2) is 36.4 Å². The van der Waals surface area contributed by atoms with Crippen LogP contribution in [0.25, 0.3) is 10.8 Å². The van der Waals surface area contributed by atoms with E-state index >= 15 is 0 Å². The number of amides is 2. The zero-order valence-corrected chi connectivity index (χ0v) is 11.5. The molecule has 0 saturated carbocycles. The summed E-state index contributed by atoms with van der Waals surface area (Å²) in [6.07, 6.45) is 0. The predicted molar refractivity (Wildman–Crippen MR) is 79.3 cm³/mol. The number of carbonyl (C=O) groups is 2. The van der Waals surface area contributed by atoms with Gasteiger partial charge in [0.1, 0.15) is 5.75 Å². The summed E-state index contributed by atoms with van der Waals surface area (Å²) in [5.41, 5.74) is 11.0. The lowest BCUT2D eigenvalue weighted by Gasteiger charge is -2.20. The Morgan fingerprint density at radius 1 is 1.00 bits per heavy atom. The Hall–Kier alpha value is -2.60. The van der Waals surface area contributed by atoms with Gasteiger partial charge in [0.05, 0.1) is 13.1 Å². The van der Waals surface area contributed by atoms with Crippen LogP contribution in [-0.4, -0.2) is 34.9 Å². The molecule has 2 rings (SSSR count). The largest absolute Gasteiger partial charge is 0.508 e. The van der Waals surface area contributed by atoms with E-state index < -0.39 is 11.8 Å². The van der Waals surface area contributed by atoms with E-state index in [1.165, 1.54) is 4.90 Å². The fourth-order valence-corrected chi connectivity index (χ4v) is 2.32. The van der Waals surface area contributed by atoms with Crippen molar-refractivity contribution < 1.29 is 14.7 Å². The smallest absolute Gasteiger partial charge is 0.231 e. The van der Waals surface area contributed by atoms with Gasteiger partial charge in [0, 0.05) is 12.1 Å². The molecule has 6 nitrogen and oxygen atoms in total. The van der Waals surface area contributed by atoms with Crippen molar-refractivity contribution in [1.82, 2.24) is 4.90 Å². The van der Waals surface area contributed by atoms with Crippen LogP contribution in [0.4, 0.5) is 0 Å². The number of nitrogens with zero attached hydrogens (tertiary/aromatic N) is 1. The molecular formula is C15H17N3O3. The van der Waals surface area contributed by atoms with Gasteiger partial charge in [-0.25, -0.2) is 0 Å². The zero-order valence-electron chi connectivity index (χ0n) is 11.5. The lowest BCUT2D eigenvalue weighted by molar-refractivity contribution is -0.122. The molecule has 0 heterocycles. The Morgan fingerprint density at radius 3 is 2.24 bits per heavy atom. The standard InChI is InChI=1S/C15H17N3O3/c16-14(20)8-18(9-15(17)21)7-12-11-4-2-1-3-10(11)5-6-13(12)19/h1-6,19H,7-9H2,(H2,16,20)(H2,17,21). The van der Waals surface area contributed by atoms with Crippen LogP contribution in [0, 0.1) is 0 Å². The first-order chi connectivity index (χ1) is 9.97. The molecule has 0 atom stereocenters. The molecule has 0 aliphatic carbocycles. The molecule has 0 fully saturated rings. The summed E-state index contributed by atoms with van der Waals surface area (Å²) in [6.45, 7) is -0.00370. The second-order valence-electron chi connectivity index (χ2n) is 4.86. The van der Waals surface area contributed by atoms with Crippen molar-refractivity contribution >= 4 is 22.6 Å². The Kier molecular flexibility index (Phi) is 4.39. The summed E-state index contributed by atoms with van der Waals surface area (Å²) in [5.74, 6) is -1.01. The van der Waals surface area contributed by atoms with Crippen molar-refractivity contribution in [3.8, 4) is 5.75 Å². The quantitative estimate of drug-likeness (QED) is 0.710. The fraction of sp³-hybridized carbons (Fsp3) is 0.200. The molecule has 5 N–H and O–H groups in total. The molecule has 6 heteroatoms. The maximum Gasteiger partial charge on any atom is 0.231 e. The summed E-state index contributed by atoms with van der Waals surface area (Å²) >= 11 is 0. The van der Waals surface area contributed by atoms with E-state index in [-0.39, 0.29) is 25.4 Å². The number of fused-ring (bicyclic) bond motifs is 1. The maximum atomic E-state index is 11.1. The van der Waals surface area contributed by atoms with E-state index in [1.54, 1.807) is 12.1 Å². The van der Waals surface area contributed by atoms with Gasteiger partial charge < -0.3 is 16.6 Å². The van der Waals surface area contributed by atoms with E-state index in [0.717, 1.165) is 10.8 Å². The molecule has 0 radical (unpaired) electrons. The third-order valence-electron chi connectivity index (χ3n) is 3.16. The van der Waals surface area contributed by atoms with Crippen LogP contribution in [-0.2, 0) is 16.1 Å². The number of phenolic OH excluding ortho intramolecular Hbond substituents is 1. The Labute approximate surface area is 121 Å². The lowest BCUT2D eigenvalue weighted by atomic mass is 10.0. The number of phenols is 1. The molecule has 2 aromatic carbocycles. The second-order valence-corrected chi connectivity index (χ2v) is 4.86. The van der Waals surface area contributed by atoms with Crippen molar-refractivity contribution in [2.75, 3.05) is 13.1 Å². The summed E-state index contributed by atoms with van der Waals surface area (Å²) in [6, 6.07) is 10.9. The third-order valence-corrected chi connectivity index (χ3v) is 3.16. The first-order valence-corrected chi connectivity index (χ1v) is 6.46. The maximum absolute atomic E-state index is 11.1. The first-order valence-electron chi connectivity index (χ1n) is 6.46. The van der Waals surface area contributed by atoms with E-state index in [0.29, 0.717) is 5.56 Å². The normalized spacial score (nSPS) is 10.9. The van der Waals surface area contributed by atoms with Crippen molar-refractivity contribution in [1.29, 1.82) is 0 Å². The second kappa shape index (κ2) is 6.23. The van der Waals surface area contributed by atoms with E-state index in [2.05, 4.69) is 0 Å². The minimum absolute atomic E-state index is 0.104. The van der Waals surface area contributed by atoms with Gasteiger partial charge in [0.15, 0.2) is 0 Å². The number of nitrogens with two attached hydrogens (primary N) is 2. The highest BCUT2D eigenvalue weighted by Gasteiger charge is 2.15. The molecule has 0 aliphatic rings. The molecule has 0 aliphatic heterocycles. The molecule has 110 valence electrons. The minimum atomic E-state index is -0.559. The number of hydrogen-bond donors (Lipinski definition) is 3. The molecule has 0 aromatic heterocycles. The number of aromatic hydroxyl groups is 1. The molecule has 0 spiro atoms. The Bertz CT molecular complexity index is 669. The van der Waals surface area contributed by atoms with Gasteiger partial charge in [-0.3, -0.25) is 14.5 Å². The molecule has 0 bridgehead atoms. The van der Waals surface area contributed by atoms with Crippen molar-refractivity contribution in [2.45, 2.75) is 6.54 Å². The van der Waals surface area contributed by atoms with Gasteiger partial charge in [-0.05, 0) is 16.8 Å². The van der Waals surface area contributed by atoms with Gasteiger partial charge in [0.2, 0.25) is 11.8 Å². The molecule has 0 saturated heterocycles. The molecule has 0 unspecified atom stereocenters. The zero-order chi connectivity index (χ0) is 15.4. The number of benzene rings is 2. The Morgan fingerprint density at radius 2 is 1.62 bits per heavy atom. The van der Waals surface area contributed by atoms with Crippen LogP contribution >= 0.6 is 0 Å². The fourth-order valence-electron chi connectivity index (χ4n) is 2.32. The van der Waals surface area contributed by atoms with E-state index in [9.17, 15) is 14.7 Å². The monoisotopic (exact) mass is 287 g/mol. The topological polar surface area (TPSA) is 110 Å². The van der Waals surface area contributed by atoms with Crippen LogP contribution in [0.1, 0.15) is 5.56 Å². The average molecular weight is 287 g/mol. The summed E-state index contributed by atoms with van der Waals surface area (Å²) in [7, 11) is 0. The van der Waals surface area contributed by atoms with Gasteiger partial charge >= 0.3 is 0 Å². The summed E-state index contributed by atoms with van der Waals surface area (Å²) < 4.78 is 0. The van der Waals surface area contributed by atoms with Crippen molar-refractivity contribution in [3.63, 3.8) is 0 Å². The summed E-state index contributed by atoms with van der Waals surface area (Å²) in [5, 5.41) is 11.9. The van der Waals surface area contributed by atoms with Crippen molar-refractivity contribution in [2.24, 2.45) is 11.5 Å². The van der Waals surface area contributed by atoms with E-state index in [4.69, 9.17) is 11.5 Å². The van der Waals surface area contributed by atoms with Crippen molar-refractivity contribution in [3.05, 3.63) is 42.0 Å². The number of primary amides is 2.